The van der Waals surface area contributed by atoms with Crippen molar-refractivity contribution in [1.29, 1.82) is 0 Å². The smallest absolute Gasteiger partial charge is 0.379 e. The average Bonchev–Trinajstić information content (AvgIpc) is 3.44. The number of anilines is 4. The fourth-order valence-electron chi connectivity index (χ4n) is 4.32. The molecule has 5 rings (SSSR count). The molecule has 0 unspecified atom stereocenters. The topological polar surface area (TPSA) is 108 Å². The van der Waals surface area contributed by atoms with Gasteiger partial charge < -0.3 is 20.7 Å². The molecule has 42 heavy (non-hydrogen) atoms. The van der Waals surface area contributed by atoms with Gasteiger partial charge in [-0.3, -0.25) is 14.5 Å². The summed E-state index contributed by atoms with van der Waals surface area (Å²) < 4.78 is 47.0. The third kappa shape index (κ3) is 7.29. The predicted molar refractivity (Wildman–Crippen MR) is 154 cm³/mol. The number of ether oxygens (including phenoxy) is 1. The zero-order chi connectivity index (χ0) is 29.7. The van der Waals surface area contributed by atoms with Crippen molar-refractivity contribution in [2.24, 2.45) is 0 Å². The average molecular weight is 597 g/mol. The Balaban J connectivity index is 1.27. The van der Waals surface area contributed by atoms with Crippen LogP contribution in [0.5, 0.6) is 0 Å². The molecule has 2 aromatic carbocycles. The summed E-state index contributed by atoms with van der Waals surface area (Å²) in [6.45, 7) is 3.95. The van der Waals surface area contributed by atoms with E-state index in [2.05, 4.69) is 25.9 Å². The maximum Gasteiger partial charge on any atom is 0.416 e. The number of thiazole rings is 1. The molecule has 4 aromatic rings. The SMILES string of the molecule is Cc1ccc(C(=O)Nc2ccc(CN3CCOCC3)c(C(F)(F)F)c2)cc1NC(=O)c1cnc(Nc2ccccn2)s1. The molecule has 9 nitrogen and oxygen atoms in total. The molecule has 0 atom stereocenters. The molecule has 0 saturated carbocycles. The highest BCUT2D eigenvalue weighted by molar-refractivity contribution is 7.17. The van der Waals surface area contributed by atoms with Crippen molar-refractivity contribution in [3.63, 3.8) is 0 Å². The van der Waals surface area contributed by atoms with E-state index >= 15 is 0 Å². The second-order valence-electron chi connectivity index (χ2n) is 9.57. The van der Waals surface area contributed by atoms with Gasteiger partial charge in [-0.05, 0) is 54.4 Å². The number of hydrogen-bond acceptors (Lipinski definition) is 8. The summed E-state index contributed by atoms with van der Waals surface area (Å²) in [5.41, 5.74) is 0.597. The maximum absolute atomic E-state index is 13.9. The standard InChI is InChI=1S/C29H27F3N6O3S/c1-18-5-6-19(14-23(18)36-27(40)24-16-34-28(42-24)37-25-4-2-3-9-33-25)26(39)35-21-8-7-20(22(15-21)29(30,31)32)17-38-10-12-41-13-11-38/h2-9,14-16H,10-13,17H2,1H3,(H,35,39)(H,36,40)(H,33,34,37). The fourth-order valence-corrected chi connectivity index (χ4v) is 5.04. The van der Waals surface area contributed by atoms with Crippen molar-refractivity contribution < 1.29 is 27.5 Å². The molecule has 1 saturated heterocycles. The van der Waals surface area contributed by atoms with Crippen LogP contribution in [0.15, 0.2) is 67.0 Å². The van der Waals surface area contributed by atoms with E-state index < -0.39 is 23.6 Å². The Morgan fingerprint density at radius 2 is 1.81 bits per heavy atom. The number of pyridine rings is 1. The van der Waals surface area contributed by atoms with Gasteiger partial charge in [0.15, 0.2) is 5.13 Å². The van der Waals surface area contributed by atoms with Crippen LogP contribution < -0.4 is 16.0 Å². The van der Waals surface area contributed by atoms with Crippen molar-refractivity contribution in [2.75, 3.05) is 42.3 Å². The van der Waals surface area contributed by atoms with Crippen LogP contribution in [-0.2, 0) is 17.5 Å². The van der Waals surface area contributed by atoms with Gasteiger partial charge in [0.25, 0.3) is 11.8 Å². The fraction of sp³-hybridized carbons (Fsp3) is 0.241. The van der Waals surface area contributed by atoms with Gasteiger partial charge in [-0.15, -0.1) is 0 Å². The molecular formula is C29H27F3N6O3S. The van der Waals surface area contributed by atoms with Gasteiger partial charge in [0, 0.05) is 42.8 Å². The van der Waals surface area contributed by atoms with Crippen LogP contribution in [0.2, 0.25) is 0 Å². The molecule has 2 aromatic heterocycles. The highest BCUT2D eigenvalue weighted by Gasteiger charge is 2.34. The molecule has 3 heterocycles. The zero-order valence-electron chi connectivity index (χ0n) is 22.5. The number of rotatable bonds is 8. The Morgan fingerprint density at radius 3 is 2.55 bits per heavy atom. The molecule has 0 spiro atoms. The van der Waals surface area contributed by atoms with Gasteiger partial charge >= 0.3 is 6.18 Å². The van der Waals surface area contributed by atoms with Gasteiger partial charge in [0.05, 0.1) is 25.0 Å². The van der Waals surface area contributed by atoms with Crippen molar-refractivity contribution >= 4 is 45.5 Å². The molecular weight excluding hydrogens is 569 g/mol. The van der Waals surface area contributed by atoms with Gasteiger partial charge in [0.2, 0.25) is 0 Å². The van der Waals surface area contributed by atoms with Crippen LogP contribution in [-0.4, -0.2) is 53.0 Å². The first-order valence-corrected chi connectivity index (χ1v) is 13.8. The van der Waals surface area contributed by atoms with Gasteiger partial charge in [-0.25, -0.2) is 9.97 Å². The molecule has 0 radical (unpaired) electrons. The third-order valence-corrected chi connectivity index (χ3v) is 7.46. The van der Waals surface area contributed by atoms with E-state index in [1.807, 2.05) is 11.0 Å². The number of hydrogen-bond donors (Lipinski definition) is 3. The molecule has 0 aliphatic carbocycles. The summed E-state index contributed by atoms with van der Waals surface area (Å²) in [6.07, 6.45) is -1.53. The quantitative estimate of drug-likeness (QED) is 0.231. The molecule has 13 heteroatoms. The maximum atomic E-state index is 13.9. The lowest BCUT2D eigenvalue weighted by Crippen LogP contribution is -2.36. The molecule has 1 aliphatic heterocycles. The number of carbonyl (C=O) groups excluding carboxylic acids is 2. The van der Waals surface area contributed by atoms with E-state index in [9.17, 15) is 22.8 Å². The summed E-state index contributed by atoms with van der Waals surface area (Å²) in [4.78, 5) is 36.5. The molecule has 0 bridgehead atoms. The number of carbonyl (C=O) groups is 2. The number of halogens is 3. The van der Waals surface area contributed by atoms with Crippen LogP contribution >= 0.6 is 11.3 Å². The minimum absolute atomic E-state index is 0.0156. The van der Waals surface area contributed by atoms with Gasteiger partial charge in [-0.2, -0.15) is 13.2 Å². The number of aromatic nitrogens is 2. The number of alkyl halides is 3. The Labute approximate surface area is 243 Å². The van der Waals surface area contributed by atoms with Crippen molar-refractivity contribution in [3.05, 3.63) is 94.1 Å². The molecule has 1 aliphatic rings. The number of nitrogens with one attached hydrogen (secondary N) is 3. The van der Waals surface area contributed by atoms with E-state index in [0.717, 1.165) is 17.4 Å². The van der Waals surface area contributed by atoms with Crippen molar-refractivity contribution in [1.82, 2.24) is 14.9 Å². The normalized spacial score (nSPS) is 13.9. The number of amides is 2. The van der Waals surface area contributed by atoms with Crippen molar-refractivity contribution in [2.45, 2.75) is 19.6 Å². The minimum Gasteiger partial charge on any atom is -0.379 e. The van der Waals surface area contributed by atoms with Crippen LogP contribution in [0.4, 0.5) is 35.5 Å². The Kier molecular flexibility index (Phi) is 8.80. The number of aryl methyl sites for hydroxylation is 1. The van der Waals surface area contributed by atoms with E-state index in [0.29, 0.717) is 53.4 Å². The second-order valence-corrected chi connectivity index (χ2v) is 10.6. The summed E-state index contributed by atoms with van der Waals surface area (Å²) >= 11 is 1.13. The highest BCUT2D eigenvalue weighted by atomic mass is 32.1. The monoisotopic (exact) mass is 596 g/mol. The first-order valence-electron chi connectivity index (χ1n) is 13.0. The molecule has 1 fully saturated rings. The number of benzene rings is 2. The molecule has 2 amide bonds. The third-order valence-electron chi connectivity index (χ3n) is 6.55. The minimum atomic E-state index is -4.59. The lowest BCUT2D eigenvalue weighted by atomic mass is 10.0. The van der Waals surface area contributed by atoms with Crippen LogP contribution in [0.25, 0.3) is 0 Å². The highest BCUT2D eigenvalue weighted by Crippen LogP contribution is 2.35. The van der Waals surface area contributed by atoms with Crippen LogP contribution in [0.3, 0.4) is 0 Å². The van der Waals surface area contributed by atoms with E-state index in [1.54, 1.807) is 37.4 Å². The first kappa shape index (κ1) is 29.2. The lowest BCUT2D eigenvalue weighted by molar-refractivity contribution is -0.138. The Morgan fingerprint density at radius 1 is 1.00 bits per heavy atom. The van der Waals surface area contributed by atoms with Gasteiger partial charge in [0.1, 0.15) is 10.7 Å². The summed E-state index contributed by atoms with van der Waals surface area (Å²) in [5, 5.41) is 8.84. The summed E-state index contributed by atoms with van der Waals surface area (Å²) in [5.74, 6) is -0.449. The second kappa shape index (κ2) is 12.7. The van der Waals surface area contributed by atoms with E-state index in [-0.39, 0.29) is 23.4 Å². The predicted octanol–water partition coefficient (Wildman–Crippen LogP) is 5.95. The van der Waals surface area contributed by atoms with Crippen LogP contribution in [0, 0.1) is 6.92 Å². The summed E-state index contributed by atoms with van der Waals surface area (Å²) in [6, 6.07) is 13.8. The Bertz CT molecular complexity index is 1570. The summed E-state index contributed by atoms with van der Waals surface area (Å²) in [7, 11) is 0. The molecule has 218 valence electrons. The first-order chi connectivity index (χ1) is 20.2. The van der Waals surface area contributed by atoms with Crippen molar-refractivity contribution in [3.8, 4) is 0 Å². The largest absolute Gasteiger partial charge is 0.416 e. The van der Waals surface area contributed by atoms with Gasteiger partial charge in [-0.1, -0.05) is 29.5 Å². The number of nitrogens with zero attached hydrogens (tertiary/aromatic N) is 3. The van der Waals surface area contributed by atoms with E-state index in [4.69, 9.17) is 4.74 Å². The Hall–Kier alpha value is -4.33. The number of morpholine rings is 1. The molecule has 3 N–H and O–H groups in total. The lowest BCUT2D eigenvalue weighted by Gasteiger charge is -2.27. The van der Waals surface area contributed by atoms with E-state index in [1.165, 1.54) is 24.4 Å². The zero-order valence-corrected chi connectivity index (χ0v) is 23.3. The van der Waals surface area contributed by atoms with Crippen LogP contribution in [0.1, 0.15) is 36.7 Å².